The van der Waals surface area contributed by atoms with Crippen molar-refractivity contribution in [2.75, 3.05) is 13.4 Å². The third-order valence-corrected chi connectivity index (χ3v) is 4.39. The summed E-state index contributed by atoms with van der Waals surface area (Å²) in [6, 6.07) is 11.6. The zero-order chi connectivity index (χ0) is 17.7. The van der Waals surface area contributed by atoms with Crippen LogP contribution in [-0.4, -0.2) is 31.2 Å². The van der Waals surface area contributed by atoms with Gasteiger partial charge in [-0.25, -0.2) is 4.79 Å². The fourth-order valence-electron chi connectivity index (χ4n) is 2.09. The molecule has 0 aliphatic heterocycles. The Bertz CT molecular complexity index is 743. The Labute approximate surface area is 150 Å². The van der Waals surface area contributed by atoms with Crippen LogP contribution in [0.1, 0.15) is 27.6 Å². The van der Waals surface area contributed by atoms with Crippen molar-refractivity contribution >= 4 is 35.1 Å². The van der Waals surface area contributed by atoms with E-state index in [1.165, 1.54) is 25.8 Å². The second-order valence-corrected chi connectivity index (χ2v) is 6.30. The molecule has 126 valence electrons. The first-order valence-corrected chi connectivity index (χ1v) is 8.79. The first-order valence-electron chi connectivity index (χ1n) is 7.19. The second-order valence-electron chi connectivity index (χ2n) is 4.98. The van der Waals surface area contributed by atoms with Crippen molar-refractivity contribution in [3.8, 4) is 5.75 Å². The van der Waals surface area contributed by atoms with Gasteiger partial charge in [-0.05, 0) is 55.6 Å². The summed E-state index contributed by atoms with van der Waals surface area (Å²) in [6.45, 7) is 1.54. The summed E-state index contributed by atoms with van der Waals surface area (Å²) in [5, 5.41) is 0.537. The van der Waals surface area contributed by atoms with Gasteiger partial charge in [-0.15, -0.1) is 11.8 Å². The van der Waals surface area contributed by atoms with Crippen LogP contribution in [0.2, 0.25) is 5.02 Å². The van der Waals surface area contributed by atoms with Crippen LogP contribution in [0.25, 0.3) is 0 Å². The van der Waals surface area contributed by atoms with Crippen molar-refractivity contribution in [1.82, 2.24) is 0 Å². The summed E-state index contributed by atoms with van der Waals surface area (Å²) in [7, 11) is 1.48. The molecule has 0 saturated heterocycles. The molecule has 6 heteroatoms. The third-order valence-electron chi connectivity index (χ3n) is 3.41. The number of ether oxygens (including phenoxy) is 2. The molecular formula is C18H17ClO4S. The van der Waals surface area contributed by atoms with Crippen molar-refractivity contribution < 1.29 is 19.1 Å². The Balaban J connectivity index is 2.14. The Morgan fingerprint density at radius 3 is 2.38 bits per heavy atom. The van der Waals surface area contributed by atoms with Crippen molar-refractivity contribution in [1.29, 1.82) is 0 Å². The van der Waals surface area contributed by atoms with E-state index in [1.54, 1.807) is 42.5 Å². The van der Waals surface area contributed by atoms with Gasteiger partial charge < -0.3 is 9.47 Å². The lowest BCUT2D eigenvalue weighted by Gasteiger charge is -2.14. The minimum absolute atomic E-state index is 0.283. The molecule has 0 radical (unpaired) electrons. The van der Waals surface area contributed by atoms with E-state index in [2.05, 4.69) is 0 Å². The highest BCUT2D eigenvalue weighted by atomic mass is 35.5. The van der Waals surface area contributed by atoms with E-state index in [0.29, 0.717) is 16.3 Å². The number of methoxy groups -OCH3 is 1. The molecule has 0 aliphatic carbocycles. The zero-order valence-electron chi connectivity index (χ0n) is 13.5. The van der Waals surface area contributed by atoms with Gasteiger partial charge in [0.25, 0.3) is 0 Å². The van der Waals surface area contributed by atoms with Crippen molar-refractivity contribution in [3.63, 3.8) is 0 Å². The van der Waals surface area contributed by atoms with E-state index in [4.69, 9.17) is 21.1 Å². The number of carbonyl (C=O) groups is 2. The third kappa shape index (κ3) is 4.30. The maximum absolute atomic E-state index is 12.3. The van der Waals surface area contributed by atoms with Crippen LogP contribution in [-0.2, 0) is 4.74 Å². The van der Waals surface area contributed by atoms with Gasteiger partial charge in [-0.1, -0.05) is 11.6 Å². The van der Waals surface area contributed by atoms with Gasteiger partial charge in [0, 0.05) is 15.5 Å². The summed E-state index contributed by atoms with van der Waals surface area (Å²) >= 11 is 7.35. The minimum atomic E-state index is -0.913. The molecule has 0 heterocycles. The summed E-state index contributed by atoms with van der Waals surface area (Å²) in [5.41, 5.74) is 0.718. The molecule has 0 N–H and O–H groups in total. The molecule has 1 atom stereocenters. The van der Waals surface area contributed by atoms with E-state index < -0.39 is 12.1 Å². The number of thioether (sulfide) groups is 1. The highest BCUT2D eigenvalue weighted by molar-refractivity contribution is 7.98. The SMILES string of the molecule is COc1cc(SC)ccc1C(=O)O[C@H](C)C(=O)c1ccc(Cl)cc1. The van der Waals surface area contributed by atoms with Crippen molar-refractivity contribution in [2.45, 2.75) is 17.9 Å². The quantitative estimate of drug-likeness (QED) is 0.429. The first kappa shape index (κ1) is 18.4. The number of ketones is 1. The minimum Gasteiger partial charge on any atom is -0.496 e. The molecule has 2 rings (SSSR count). The normalized spacial score (nSPS) is 11.7. The molecule has 2 aromatic carbocycles. The average molecular weight is 365 g/mol. The molecule has 0 bridgehead atoms. The van der Waals surface area contributed by atoms with Crippen LogP contribution < -0.4 is 4.74 Å². The highest BCUT2D eigenvalue weighted by Gasteiger charge is 2.22. The van der Waals surface area contributed by atoms with E-state index in [-0.39, 0.29) is 11.3 Å². The van der Waals surface area contributed by atoms with E-state index in [9.17, 15) is 9.59 Å². The monoisotopic (exact) mass is 364 g/mol. The van der Waals surface area contributed by atoms with E-state index >= 15 is 0 Å². The van der Waals surface area contributed by atoms with Gasteiger partial charge in [0.05, 0.1) is 7.11 Å². The van der Waals surface area contributed by atoms with Crippen molar-refractivity contribution in [2.24, 2.45) is 0 Å². The summed E-state index contributed by atoms with van der Waals surface area (Å²) in [5.74, 6) is -0.480. The summed E-state index contributed by atoms with van der Waals surface area (Å²) in [4.78, 5) is 25.6. The van der Waals surface area contributed by atoms with Crippen LogP contribution in [0, 0.1) is 0 Å². The number of esters is 1. The lowest BCUT2D eigenvalue weighted by Crippen LogP contribution is -2.24. The van der Waals surface area contributed by atoms with Gasteiger partial charge in [0.2, 0.25) is 5.78 Å². The molecule has 24 heavy (non-hydrogen) atoms. The Kier molecular flexibility index (Phi) is 6.29. The number of hydrogen-bond acceptors (Lipinski definition) is 5. The molecule has 0 spiro atoms. The lowest BCUT2D eigenvalue weighted by molar-refractivity contribution is 0.0316. The van der Waals surface area contributed by atoms with Gasteiger partial charge in [-0.3, -0.25) is 4.79 Å². The number of halogens is 1. The summed E-state index contributed by atoms with van der Waals surface area (Å²) in [6.07, 6.45) is 1.02. The number of rotatable bonds is 6. The zero-order valence-corrected chi connectivity index (χ0v) is 15.1. The van der Waals surface area contributed by atoms with Gasteiger partial charge in [-0.2, -0.15) is 0 Å². The number of Topliss-reactive ketones (excluding diaryl/α,β-unsaturated/α-hetero) is 1. The average Bonchev–Trinajstić information content (AvgIpc) is 2.60. The standard InChI is InChI=1S/C18H17ClO4S/c1-11(17(20)12-4-6-13(19)7-5-12)23-18(21)15-9-8-14(24-3)10-16(15)22-2/h4-11H,1-3H3/t11-/m1/s1. The van der Waals surface area contributed by atoms with Crippen LogP contribution >= 0.6 is 23.4 Å². The van der Waals surface area contributed by atoms with Crippen LogP contribution in [0.4, 0.5) is 0 Å². The largest absolute Gasteiger partial charge is 0.496 e. The smallest absolute Gasteiger partial charge is 0.342 e. The highest BCUT2D eigenvalue weighted by Crippen LogP contribution is 2.26. The molecular weight excluding hydrogens is 348 g/mol. The van der Waals surface area contributed by atoms with Crippen LogP contribution in [0.5, 0.6) is 5.75 Å². The predicted molar refractivity (Wildman–Crippen MR) is 95.4 cm³/mol. The maximum atomic E-state index is 12.3. The summed E-state index contributed by atoms with van der Waals surface area (Å²) < 4.78 is 10.5. The van der Waals surface area contributed by atoms with E-state index in [1.807, 2.05) is 6.26 Å². The van der Waals surface area contributed by atoms with Crippen LogP contribution in [0.15, 0.2) is 47.4 Å². The van der Waals surface area contributed by atoms with Gasteiger partial charge in [0.15, 0.2) is 6.10 Å². The fourth-order valence-corrected chi connectivity index (χ4v) is 2.65. The Morgan fingerprint density at radius 2 is 1.79 bits per heavy atom. The first-order chi connectivity index (χ1) is 11.5. The molecule has 2 aromatic rings. The van der Waals surface area contributed by atoms with Gasteiger partial charge in [0.1, 0.15) is 11.3 Å². The molecule has 4 nitrogen and oxygen atoms in total. The topological polar surface area (TPSA) is 52.6 Å². The molecule has 0 amide bonds. The molecule has 0 unspecified atom stereocenters. The van der Waals surface area contributed by atoms with Crippen LogP contribution in [0.3, 0.4) is 0 Å². The Morgan fingerprint density at radius 1 is 1.12 bits per heavy atom. The fraction of sp³-hybridized carbons (Fsp3) is 0.222. The molecule has 0 aliphatic rings. The lowest BCUT2D eigenvalue weighted by atomic mass is 10.1. The maximum Gasteiger partial charge on any atom is 0.342 e. The van der Waals surface area contributed by atoms with Gasteiger partial charge >= 0.3 is 5.97 Å². The molecule has 0 fully saturated rings. The number of hydrogen-bond donors (Lipinski definition) is 0. The number of carbonyl (C=O) groups excluding carboxylic acids is 2. The second kappa shape index (κ2) is 8.22. The number of benzene rings is 2. The Hall–Kier alpha value is -1.98. The molecule has 0 aromatic heterocycles. The van der Waals surface area contributed by atoms with E-state index in [0.717, 1.165) is 4.90 Å². The van der Waals surface area contributed by atoms with Crippen molar-refractivity contribution in [3.05, 3.63) is 58.6 Å². The predicted octanol–water partition coefficient (Wildman–Crippen LogP) is 4.50. The molecule has 0 saturated carbocycles.